The predicted molar refractivity (Wildman–Crippen MR) is 105 cm³/mol. The number of furan rings is 1. The third-order valence-electron chi connectivity index (χ3n) is 4.01. The van der Waals surface area contributed by atoms with Gasteiger partial charge in [0.25, 0.3) is 11.8 Å². The molecule has 0 radical (unpaired) electrons. The molecule has 0 unspecified atom stereocenters. The van der Waals surface area contributed by atoms with Gasteiger partial charge in [0.15, 0.2) is 0 Å². The molecule has 3 rings (SSSR count). The minimum atomic E-state index is -0.420. The van der Waals surface area contributed by atoms with Crippen LogP contribution in [0.2, 0.25) is 0 Å². The quantitative estimate of drug-likeness (QED) is 0.646. The molecule has 0 atom stereocenters. The number of para-hydroxylation sites is 1. The second kappa shape index (κ2) is 8.67. The van der Waals surface area contributed by atoms with E-state index in [0.717, 1.165) is 12.0 Å². The molecule has 136 valence electrons. The molecular weight excluding hydrogens is 340 g/mol. The zero-order chi connectivity index (χ0) is 19.1. The monoisotopic (exact) mass is 360 g/mol. The molecule has 3 aromatic rings. The number of anilines is 1. The van der Waals surface area contributed by atoms with Gasteiger partial charge in [0.05, 0.1) is 6.26 Å². The molecule has 5 nitrogen and oxygen atoms in total. The van der Waals surface area contributed by atoms with Crippen molar-refractivity contribution >= 4 is 23.6 Å². The van der Waals surface area contributed by atoms with Gasteiger partial charge >= 0.3 is 0 Å². The normalized spacial score (nSPS) is 11.1. The van der Waals surface area contributed by atoms with Crippen molar-refractivity contribution in [1.29, 1.82) is 0 Å². The third-order valence-corrected chi connectivity index (χ3v) is 4.01. The van der Waals surface area contributed by atoms with Crippen molar-refractivity contribution in [3.63, 3.8) is 0 Å². The molecule has 0 aliphatic heterocycles. The van der Waals surface area contributed by atoms with Crippen molar-refractivity contribution in [3.8, 4) is 0 Å². The zero-order valence-corrected chi connectivity index (χ0v) is 14.9. The van der Waals surface area contributed by atoms with Crippen LogP contribution in [-0.4, -0.2) is 11.8 Å². The summed E-state index contributed by atoms with van der Waals surface area (Å²) in [6.45, 7) is 2.02. The van der Waals surface area contributed by atoms with Crippen LogP contribution in [0.4, 0.5) is 5.69 Å². The summed E-state index contributed by atoms with van der Waals surface area (Å²) in [5, 5.41) is 5.55. The zero-order valence-electron chi connectivity index (χ0n) is 14.9. The van der Waals surface area contributed by atoms with Crippen LogP contribution in [0.1, 0.15) is 28.6 Å². The molecule has 1 aromatic heterocycles. The molecule has 2 amide bonds. The standard InChI is InChI=1S/C22H20N2O3/c1-2-16-9-6-7-13-19(16)23-22(26)20(15-18-12-8-14-27-18)24-21(25)17-10-4-3-5-11-17/h3-15H,2H2,1H3,(H,23,26)(H,24,25)/b20-15-. The summed E-state index contributed by atoms with van der Waals surface area (Å²) in [6.07, 6.45) is 3.79. The molecule has 27 heavy (non-hydrogen) atoms. The van der Waals surface area contributed by atoms with Crippen LogP contribution in [-0.2, 0) is 11.2 Å². The molecule has 0 aliphatic rings. The Labute approximate surface area is 157 Å². The van der Waals surface area contributed by atoms with Gasteiger partial charge in [-0.25, -0.2) is 0 Å². The van der Waals surface area contributed by atoms with Crippen molar-refractivity contribution in [2.45, 2.75) is 13.3 Å². The summed E-state index contributed by atoms with van der Waals surface area (Å²) in [6, 6.07) is 19.7. The van der Waals surface area contributed by atoms with E-state index in [-0.39, 0.29) is 11.6 Å². The highest BCUT2D eigenvalue weighted by Gasteiger charge is 2.16. The Hall–Kier alpha value is -3.60. The van der Waals surface area contributed by atoms with Crippen LogP contribution in [0.3, 0.4) is 0 Å². The summed E-state index contributed by atoms with van der Waals surface area (Å²) < 4.78 is 5.29. The highest BCUT2D eigenvalue weighted by molar-refractivity contribution is 6.10. The van der Waals surface area contributed by atoms with Crippen LogP contribution < -0.4 is 10.6 Å². The fraction of sp³-hybridized carbons (Fsp3) is 0.0909. The Morgan fingerprint density at radius 1 is 0.963 bits per heavy atom. The summed E-state index contributed by atoms with van der Waals surface area (Å²) >= 11 is 0. The van der Waals surface area contributed by atoms with Crippen molar-refractivity contribution in [3.05, 3.63) is 95.6 Å². The summed E-state index contributed by atoms with van der Waals surface area (Å²) in [7, 11) is 0. The lowest BCUT2D eigenvalue weighted by atomic mass is 10.1. The van der Waals surface area contributed by atoms with Gasteiger partial charge in [-0.05, 0) is 42.3 Å². The third kappa shape index (κ3) is 4.73. The van der Waals surface area contributed by atoms with Crippen LogP contribution in [0.15, 0.2) is 83.1 Å². The van der Waals surface area contributed by atoms with Gasteiger partial charge in [0.2, 0.25) is 0 Å². The van der Waals surface area contributed by atoms with Gasteiger partial charge in [-0.15, -0.1) is 0 Å². The number of rotatable bonds is 6. The van der Waals surface area contributed by atoms with Crippen LogP contribution in [0.25, 0.3) is 6.08 Å². The molecule has 2 aromatic carbocycles. The fourth-order valence-corrected chi connectivity index (χ4v) is 2.60. The highest BCUT2D eigenvalue weighted by Crippen LogP contribution is 2.17. The number of carbonyl (C=O) groups excluding carboxylic acids is 2. The first-order valence-corrected chi connectivity index (χ1v) is 8.68. The summed E-state index contributed by atoms with van der Waals surface area (Å²) in [5.74, 6) is -0.318. The maximum atomic E-state index is 12.8. The van der Waals surface area contributed by atoms with Gasteiger partial charge in [0, 0.05) is 17.3 Å². The number of benzene rings is 2. The molecule has 0 bridgehead atoms. The molecule has 5 heteroatoms. The highest BCUT2D eigenvalue weighted by atomic mass is 16.3. The first-order valence-electron chi connectivity index (χ1n) is 8.68. The number of amides is 2. The first kappa shape index (κ1) is 18.2. The Balaban J connectivity index is 1.86. The van der Waals surface area contributed by atoms with Crippen molar-refractivity contribution in [2.75, 3.05) is 5.32 Å². The van der Waals surface area contributed by atoms with Gasteiger partial charge in [-0.2, -0.15) is 0 Å². The molecule has 2 N–H and O–H groups in total. The number of aryl methyl sites for hydroxylation is 1. The molecule has 0 fully saturated rings. The second-order valence-corrected chi connectivity index (χ2v) is 5.86. The SMILES string of the molecule is CCc1ccccc1NC(=O)/C(=C/c1ccco1)NC(=O)c1ccccc1. The Morgan fingerprint density at radius 2 is 1.70 bits per heavy atom. The maximum Gasteiger partial charge on any atom is 0.272 e. The van der Waals surface area contributed by atoms with E-state index in [1.807, 2.05) is 37.3 Å². The number of hydrogen-bond donors (Lipinski definition) is 2. The van der Waals surface area contributed by atoms with Crippen LogP contribution in [0, 0.1) is 0 Å². The molecule has 1 heterocycles. The Morgan fingerprint density at radius 3 is 2.41 bits per heavy atom. The first-order chi connectivity index (χ1) is 13.2. The molecular formula is C22H20N2O3. The smallest absolute Gasteiger partial charge is 0.272 e. The van der Waals surface area contributed by atoms with Crippen molar-refractivity contribution in [2.24, 2.45) is 0 Å². The number of hydrogen-bond acceptors (Lipinski definition) is 3. The average Bonchev–Trinajstić information content (AvgIpc) is 3.21. The summed E-state index contributed by atoms with van der Waals surface area (Å²) in [4.78, 5) is 25.3. The molecule has 0 saturated heterocycles. The van der Waals surface area contributed by atoms with Gasteiger partial charge in [-0.3, -0.25) is 9.59 Å². The predicted octanol–water partition coefficient (Wildman–Crippen LogP) is 4.25. The second-order valence-electron chi connectivity index (χ2n) is 5.86. The minimum Gasteiger partial charge on any atom is -0.465 e. The lowest BCUT2D eigenvalue weighted by molar-refractivity contribution is -0.113. The van der Waals surface area contributed by atoms with E-state index in [9.17, 15) is 9.59 Å². The van der Waals surface area contributed by atoms with Crippen LogP contribution in [0.5, 0.6) is 0 Å². The summed E-state index contributed by atoms with van der Waals surface area (Å²) in [5.41, 5.74) is 2.29. The number of carbonyl (C=O) groups is 2. The van der Waals surface area contributed by atoms with E-state index in [1.165, 1.54) is 12.3 Å². The van der Waals surface area contributed by atoms with E-state index in [1.54, 1.807) is 36.4 Å². The van der Waals surface area contributed by atoms with E-state index in [0.29, 0.717) is 17.0 Å². The van der Waals surface area contributed by atoms with Gasteiger partial charge in [-0.1, -0.05) is 43.3 Å². The lowest BCUT2D eigenvalue weighted by Crippen LogP contribution is -2.30. The van der Waals surface area contributed by atoms with Gasteiger partial charge < -0.3 is 15.1 Å². The minimum absolute atomic E-state index is 0.102. The molecule has 0 spiro atoms. The Bertz CT molecular complexity index is 945. The van der Waals surface area contributed by atoms with E-state index < -0.39 is 5.91 Å². The maximum absolute atomic E-state index is 12.8. The average molecular weight is 360 g/mol. The van der Waals surface area contributed by atoms with Crippen LogP contribution >= 0.6 is 0 Å². The fourth-order valence-electron chi connectivity index (χ4n) is 2.60. The lowest BCUT2D eigenvalue weighted by Gasteiger charge is -2.13. The number of nitrogens with one attached hydrogen (secondary N) is 2. The van der Waals surface area contributed by atoms with Crippen molar-refractivity contribution < 1.29 is 14.0 Å². The molecule has 0 saturated carbocycles. The molecule has 0 aliphatic carbocycles. The van der Waals surface area contributed by atoms with Crippen molar-refractivity contribution in [1.82, 2.24) is 5.32 Å². The van der Waals surface area contributed by atoms with Gasteiger partial charge in [0.1, 0.15) is 11.5 Å². The topological polar surface area (TPSA) is 71.3 Å². The van der Waals surface area contributed by atoms with E-state index >= 15 is 0 Å². The largest absolute Gasteiger partial charge is 0.465 e. The van der Waals surface area contributed by atoms with E-state index in [2.05, 4.69) is 10.6 Å². The Kier molecular flexibility index (Phi) is 5.84. The van der Waals surface area contributed by atoms with E-state index in [4.69, 9.17) is 4.42 Å².